The van der Waals surface area contributed by atoms with E-state index in [1.54, 1.807) is 24.3 Å². The quantitative estimate of drug-likeness (QED) is 0.586. The van der Waals surface area contributed by atoms with Gasteiger partial charge in [-0.15, -0.1) is 0 Å². The van der Waals surface area contributed by atoms with Crippen molar-refractivity contribution in [1.29, 1.82) is 0 Å². The van der Waals surface area contributed by atoms with Crippen molar-refractivity contribution in [3.8, 4) is 5.75 Å². The first-order valence-electron chi connectivity index (χ1n) is 10.4. The summed E-state index contributed by atoms with van der Waals surface area (Å²) in [6.07, 6.45) is 2.13. The van der Waals surface area contributed by atoms with Crippen LogP contribution in [0, 0.1) is 0 Å². The number of nitrogens with zero attached hydrogens (tertiary/aromatic N) is 1. The number of anilines is 2. The molecular weight excluding hydrogens is 382 g/mol. The fraction of sp³-hybridized carbons (Fsp3) is 0.391. The van der Waals surface area contributed by atoms with Crippen molar-refractivity contribution in [3.05, 3.63) is 54.1 Å². The van der Waals surface area contributed by atoms with Crippen molar-refractivity contribution in [3.63, 3.8) is 0 Å². The summed E-state index contributed by atoms with van der Waals surface area (Å²) in [6.45, 7) is 5.28. The van der Waals surface area contributed by atoms with Crippen LogP contribution < -0.4 is 15.4 Å². The Hall–Kier alpha value is -3.06. The van der Waals surface area contributed by atoms with Crippen molar-refractivity contribution >= 4 is 23.2 Å². The zero-order valence-corrected chi connectivity index (χ0v) is 17.4. The second-order valence-corrected chi connectivity index (χ2v) is 7.02. The lowest BCUT2D eigenvalue weighted by Crippen LogP contribution is -2.27. The summed E-state index contributed by atoms with van der Waals surface area (Å²) >= 11 is 0. The summed E-state index contributed by atoms with van der Waals surface area (Å²) in [7, 11) is 0. The molecule has 0 saturated carbocycles. The maximum absolute atomic E-state index is 12.4. The predicted octanol–water partition coefficient (Wildman–Crippen LogP) is 3.39. The third-order valence-electron chi connectivity index (χ3n) is 4.82. The summed E-state index contributed by atoms with van der Waals surface area (Å²) in [6, 6.07) is 14.5. The second-order valence-electron chi connectivity index (χ2n) is 7.02. The number of hydrogen-bond acceptors (Lipinski definition) is 5. The van der Waals surface area contributed by atoms with Crippen molar-refractivity contribution in [2.45, 2.75) is 19.8 Å². The number of nitrogens with one attached hydrogen (secondary N) is 2. The van der Waals surface area contributed by atoms with Gasteiger partial charge >= 0.3 is 0 Å². The molecule has 2 aromatic carbocycles. The Bertz CT molecular complexity index is 833. The fourth-order valence-corrected chi connectivity index (χ4v) is 3.27. The van der Waals surface area contributed by atoms with Crippen LogP contribution in [-0.2, 0) is 9.53 Å². The lowest BCUT2D eigenvalue weighted by molar-refractivity contribution is -0.114. The van der Waals surface area contributed by atoms with E-state index < -0.39 is 0 Å². The van der Waals surface area contributed by atoms with Crippen LogP contribution in [0.25, 0.3) is 0 Å². The van der Waals surface area contributed by atoms with Gasteiger partial charge in [0.05, 0.1) is 18.8 Å². The van der Waals surface area contributed by atoms with Gasteiger partial charge in [0.1, 0.15) is 12.4 Å². The molecule has 3 rings (SSSR count). The maximum atomic E-state index is 12.4. The summed E-state index contributed by atoms with van der Waals surface area (Å²) in [5.74, 6) is 0.542. The molecule has 2 N–H and O–H groups in total. The fourth-order valence-electron chi connectivity index (χ4n) is 3.27. The molecule has 2 amide bonds. The van der Waals surface area contributed by atoms with Crippen LogP contribution in [0.3, 0.4) is 0 Å². The molecule has 30 heavy (non-hydrogen) atoms. The van der Waals surface area contributed by atoms with E-state index >= 15 is 0 Å². The molecule has 1 heterocycles. The first-order valence-corrected chi connectivity index (χ1v) is 10.4. The lowest BCUT2D eigenvalue weighted by Gasteiger charge is -2.15. The molecule has 0 bridgehead atoms. The van der Waals surface area contributed by atoms with Crippen LogP contribution in [0.4, 0.5) is 11.4 Å². The highest BCUT2D eigenvalue weighted by atomic mass is 16.5. The summed E-state index contributed by atoms with van der Waals surface area (Å²) in [5, 5.41) is 5.94. The molecule has 2 aromatic rings. The second kappa shape index (κ2) is 11.2. The average molecular weight is 412 g/mol. The third kappa shape index (κ3) is 6.22. The topological polar surface area (TPSA) is 79.9 Å². The van der Waals surface area contributed by atoms with E-state index in [0.29, 0.717) is 36.8 Å². The van der Waals surface area contributed by atoms with Crippen molar-refractivity contribution < 1.29 is 19.1 Å². The molecule has 1 aliphatic rings. The highest BCUT2D eigenvalue weighted by Gasteiger charge is 2.19. The number of carbonyl (C=O) groups is 2. The largest absolute Gasteiger partial charge is 0.489 e. The minimum Gasteiger partial charge on any atom is -0.489 e. The summed E-state index contributed by atoms with van der Waals surface area (Å²) < 4.78 is 11.0. The molecule has 0 unspecified atom stereocenters. The molecule has 1 saturated heterocycles. The van der Waals surface area contributed by atoms with Crippen LogP contribution >= 0.6 is 0 Å². The highest BCUT2D eigenvalue weighted by molar-refractivity contribution is 5.96. The van der Waals surface area contributed by atoms with E-state index in [0.717, 1.165) is 31.6 Å². The Labute approximate surface area is 177 Å². The predicted molar refractivity (Wildman–Crippen MR) is 117 cm³/mol. The number of rotatable bonds is 10. The number of hydrogen-bond donors (Lipinski definition) is 2. The number of carbonyl (C=O) groups excluding carboxylic acids is 2. The van der Waals surface area contributed by atoms with Crippen LogP contribution in [0.2, 0.25) is 0 Å². The smallest absolute Gasteiger partial charge is 0.253 e. The minimum atomic E-state index is -0.183. The normalized spacial score (nSPS) is 13.2. The van der Waals surface area contributed by atoms with E-state index in [1.165, 1.54) is 0 Å². The Morgan fingerprint density at radius 3 is 2.47 bits per heavy atom. The third-order valence-corrected chi connectivity index (χ3v) is 4.82. The van der Waals surface area contributed by atoms with Crippen molar-refractivity contribution in [2.75, 3.05) is 50.1 Å². The highest BCUT2D eigenvalue weighted by Crippen LogP contribution is 2.23. The van der Waals surface area contributed by atoms with Crippen molar-refractivity contribution in [1.82, 2.24) is 4.90 Å². The molecule has 0 aliphatic carbocycles. The van der Waals surface area contributed by atoms with Crippen LogP contribution in [0.15, 0.2) is 48.5 Å². The van der Waals surface area contributed by atoms with E-state index in [4.69, 9.17) is 9.47 Å². The van der Waals surface area contributed by atoms with E-state index in [2.05, 4.69) is 10.6 Å². The standard InChI is InChI=1S/C23H29N3O4/c1-2-29-15-16-30-21-8-4-3-7-20(21)24-17-22(27)25-19-11-9-18(10-12-19)23(28)26-13-5-6-14-26/h3-4,7-12,24H,2,5-6,13-17H2,1H3,(H,25,27). The molecule has 0 radical (unpaired) electrons. The number of amides is 2. The maximum Gasteiger partial charge on any atom is 0.253 e. The molecule has 1 fully saturated rings. The first kappa shape index (κ1) is 21.6. The number of para-hydroxylation sites is 2. The molecule has 160 valence electrons. The average Bonchev–Trinajstić information content (AvgIpc) is 3.31. The first-order chi connectivity index (χ1) is 14.7. The number of likely N-dealkylation sites (tertiary alicyclic amines) is 1. The summed E-state index contributed by atoms with van der Waals surface area (Å²) in [4.78, 5) is 26.6. The molecule has 1 aliphatic heterocycles. The van der Waals surface area contributed by atoms with Crippen LogP contribution in [0.5, 0.6) is 5.75 Å². The van der Waals surface area contributed by atoms with E-state index in [9.17, 15) is 9.59 Å². The molecular formula is C23H29N3O4. The van der Waals surface area contributed by atoms with E-state index in [-0.39, 0.29) is 18.4 Å². The molecule has 7 heteroatoms. The van der Waals surface area contributed by atoms with Gasteiger partial charge in [-0.3, -0.25) is 9.59 Å². The van der Waals surface area contributed by atoms with Gasteiger partial charge in [-0.2, -0.15) is 0 Å². The van der Waals surface area contributed by atoms with Crippen LogP contribution in [0.1, 0.15) is 30.1 Å². The zero-order valence-electron chi connectivity index (χ0n) is 17.4. The SMILES string of the molecule is CCOCCOc1ccccc1NCC(=O)Nc1ccc(C(=O)N2CCCC2)cc1. The van der Waals surface area contributed by atoms with Crippen LogP contribution in [-0.4, -0.2) is 56.2 Å². The van der Waals surface area contributed by atoms with Gasteiger partial charge in [0.15, 0.2) is 0 Å². The molecule has 7 nitrogen and oxygen atoms in total. The molecule has 0 aromatic heterocycles. The van der Waals surface area contributed by atoms with Gasteiger partial charge in [0, 0.05) is 30.9 Å². The van der Waals surface area contributed by atoms with Gasteiger partial charge < -0.3 is 25.0 Å². The minimum absolute atomic E-state index is 0.0491. The van der Waals surface area contributed by atoms with Gasteiger partial charge in [0.25, 0.3) is 5.91 Å². The lowest BCUT2D eigenvalue weighted by atomic mass is 10.2. The van der Waals surface area contributed by atoms with Gasteiger partial charge in [-0.05, 0) is 56.2 Å². The van der Waals surface area contributed by atoms with Gasteiger partial charge in [-0.1, -0.05) is 12.1 Å². The van der Waals surface area contributed by atoms with Crippen molar-refractivity contribution in [2.24, 2.45) is 0 Å². The number of ether oxygens (including phenoxy) is 2. The Balaban J connectivity index is 1.48. The summed E-state index contributed by atoms with van der Waals surface area (Å²) in [5.41, 5.74) is 2.04. The molecule has 0 spiro atoms. The van der Waals surface area contributed by atoms with Gasteiger partial charge in [0.2, 0.25) is 5.91 Å². The Morgan fingerprint density at radius 2 is 1.73 bits per heavy atom. The zero-order chi connectivity index (χ0) is 21.2. The Morgan fingerprint density at radius 1 is 1.00 bits per heavy atom. The number of benzene rings is 2. The monoisotopic (exact) mass is 411 g/mol. The molecule has 0 atom stereocenters. The Kier molecular flexibility index (Phi) is 8.09. The van der Waals surface area contributed by atoms with E-state index in [1.807, 2.05) is 36.1 Å². The van der Waals surface area contributed by atoms with Gasteiger partial charge in [-0.25, -0.2) is 0 Å².